The number of rotatable bonds is 4. The van der Waals surface area contributed by atoms with Crippen LogP contribution in [0, 0.1) is 0 Å². The first-order chi connectivity index (χ1) is 10.9. The number of amides is 2. The highest BCUT2D eigenvalue weighted by atomic mass is 16.6. The van der Waals surface area contributed by atoms with Crippen LogP contribution in [0.5, 0.6) is 0 Å². The SMILES string of the molecule is CC(=O)N[C@@H]1[C@@H](NC(=O)OC(C)(C)C)C=C(C(=O)O)O[C@H]1C(=O)O. The molecule has 0 unspecified atom stereocenters. The second kappa shape index (κ2) is 7.20. The average molecular weight is 344 g/mol. The lowest BCUT2D eigenvalue weighted by Crippen LogP contribution is -2.61. The number of carboxylic acid groups (broad SMARTS) is 2. The zero-order valence-electron chi connectivity index (χ0n) is 13.7. The smallest absolute Gasteiger partial charge is 0.408 e. The second-order valence-corrected chi connectivity index (χ2v) is 6.11. The molecule has 4 N–H and O–H groups in total. The Hall–Kier alpha value is -2.78. The minimum absolute atomic E-state index is 0.571. The molecule has 1 aliphatic rings. The Labute approximate surface area is 137 Å². The molecular weight excluding hydrogens is 324 g/mol. The molecule has 1 rings (SSSR count). The van der Waals surface area contributed by atoms with Gasteiger partial charge in [-0.25, -0.2) is 14.4 Å². The summed E-state index contributed by atoms with van der Waals surface area (Å²) < 4.78 is 9.95. The minimum Gasteiger partial charge on any atom is -0.478 e. The highest BCUT2D eigenvalue weighted by Crippen LogP contribution is 2.20. The van der Waals surface area contributed by atoms with Crippen molar-refractivity contribution < 1.29 is 38.9 Å². The average Bonchev–Trinajstić information content (AvgIpc) is 2.36. The molecule has 0 saturated carbocycles. The van der Waals surface area contributed by atoms with Crippen LogP contribution >= 0.6 is 0 Å². The summed E-state index contributed by atoms with van der Waals surface area (Å²) in [6, 6.07) is -2.36. The van der Waals surface area contributed by atoms with Gasteiger partial charge in [-0.05, 0) is 26.8 Å². The molecule has 0 saturated heterocycles. The molecule has 0 spiro atoms. The van der Waals surface area contributed by atoms with Crippen LogP contribution in [0.25, 0.3) is 0 Å². The van der Waals surface area contributed by atoms with Crippen LogP contribution in [0.3, 0.4) is 0 Å². The van der Waals surface area contributed by atoms with Crippen molar-refractivity contribution in [1.29, 1.82) is 0 Å². The third-order valence-corrected chi connectivity index (χ3v) is 2.81. The van der Waals surface area contributed by atoms with Crippen molar-refractivity contribution in [2.24, 2.45) is 0 Å². The Balaban J connectivity index is 3.12. The molecule has 0 aliphatic carbocycles. The van der Waals surface area contributed by atoms with Crippen LogP contribution in [0.4, 0.5) is 4.79 Å². The molecule has 0 aromatic rings. The Morgan fingerprint density at radius 2 is 1.75 bits per heavy atom. The van der Waals surface area contributed by atoms with E-state index in [0.717, 1.165) is 13.0 Å². The zero-order valence-corrected chi connectivity index (χ0v) is 13.7. The van der Waals surface area contributed by atoms with Crippen LogP contribution in [0.2, 0.25) is 0 Å². The van der Waals surface area contributed by atoms with Crippen LogP contribution < -0.4 is 10.6 Å². The van der Waals surface area contributed by atoms with Crippen molar-refractivity contribution in [2.45, 2.75) is 51.5 Å². The topological polar surface area (TPSA) is 151 Å². The van der Waals surface area contributed by atoms with Crippen molar-refractivity contribution in [3.8, 4) is 0 Å². The molecule has 0 radical (unpaired) electrons. The molecule has 10 nitrogen and oxygen atoms in total. The highest BCUT2D eigenvalue weighted by molar-refractivity contribution is 5.87. The summed E-state index contributed by atoms with van der Waals surface area (Å²) in [6.07, 6.45) is -1.58. The third kappa shape index (κ3) is 5.45. The first-order valence-corrected chi connectivity index (χ1v) is 7.02. The highest BCUT2D eigenvalue weighted by Gasteiger charge is 2.42. The van der Waals surface area contributed by atoms with Gasteiger partial charge in [0, 0.05) is 6.92 Å². The van der Waals surface area contributed by atoms with Gasteiger partial charge in [0.25, 0.3) is 0 Å². The predicted octanol–water partition coefficient (Wildman–Crippen LogP) is -0.164. The standard InChI is InChI=1S/C14H20N2O8/c1-6(17)15-9-7(16-13(22)24-14(2,3)4)5-8(11(18)19)23-10(9)12(20)21/h5,7,9-10H,1-4H3,(H,15,17)(H,16,22)(H,18,19)(H,20,21)/t7-,9+,10+/m0/s1. The van der Waals surface area contributed by atoms with Gasteiger partial charge in [0.15, 0.2) is 0 Å². The Bertz CT molecular complexity index is 578. The van der Waals surface area contributed by atoms with Gasteiger partial charge in [-0.1, -0.05) is 0 Å². The fourth-order valence-corrected chi connectivity index (χ4v) is 2.01. The van der Waals surface area contributed by atoms with E-state index in [-0.39, 0.29) is 0 Å². The fraction of sp³-hybridized carbons (Fsp3) is 0.571. The van der Waals surface area contributed by atoms with Gasteiger partial charge in [0.2, 0.25) is 17.8 Å². The predicted molar refractivity (Wildman–Crippen MR) is 79.0 cm³/mol. The number of hydrogen-bond acceptors (Lipinski definition) is 6. The van der Waals surface area contributed by atoms with Gasteiger partial charge in [0.05, 0.1) is 6.04 Å². The van der Waals surface area contributed by atoms with Crippen LogP contribution in [0.1, 0.15) is 27.7 Å². The first-order valence-electron chi connectivity index (χ1n) is 7.02. The quantitative estimate of drug-likeness (QED) is 0.549. The summed E-state index contributed by atoms with van der Waals surface area (Å²) in [5.41, 5.74) is -0.815. The number of carboxylic acids is 2. The monoisotopic (exact) mass is 344 g/mol. The summed E-state index contributed by atoms with van der Waals surface area (Å²) in [4.78, 5) is 45.6. The van der Waals surface area contributed by atoms with Crippen molar-refractivity contribution in [1.82, 2.24) is 10.6 Å². The summed E-state index contributed by atoms with van der Waals surface area (Å²) in [5.74, 6) is -4.21. The van der Waals surface area contributed by atoms with E-state index in [1.165, 1.54) is 0 Å². The maximum Gasteiger partial charge on any atom is 0.408 e. The summed E-state index contributed by atoms with van der Waals surface area (Å²) in [6.45, 7) is 6.03. The molecule has 2 amide bonds. The molecule has 0 fully saturated rings. The first kappa shape index (κ1) is 19.3. The maximum atomic E-state index is 11.9. The molecule has 10 heteroatoms. The maximum absolute atomic E-state index is 11.9. The van der Waals surface area contributed by atoms with E-state index in [2.05, 4.69) is 10.6 Å². The van der Waals surface area contributed by atoms with Gasteiger partial charge < -0.3 is 30.3 Å². The molecular formula is C14H20N2O8. The normalized spacial score (nSPS) is 23.3. The molecule has 0 bridgehead atoms. The van der Waals surface area contributed by atoms with E-state index in [0.29, 0.717) is 0 Å². The zero-order chi connectivity index (χ0) is 18.7. The van der Waals surface area contributed by atoms with E-state index in [9.17, 15) is 24.3 Å². The van der Waals surface area contributed by atoms with Crippen molar-refractivity contribution >= 4 is 23.9 Å². The van der Waals surface area contributed by atoms with Crippen LogP contribution in [-0.4, -0.2) is 57.9 Å². The Kier molecular flexibility index (Phi) is 5.78. The van der Waals surface area contributed by atoms with E-state index in [4.69, 9.17) is 14.6 Å². The molecule has 0 aromatic carbocycles. The molecule has 134 valence electrons. The molecule has 1 heterocycles. The van der Waals surface area contributed by atoms with Gasteiger partial charge in [-0.15, -0.1) is 0 Å². The van der Waals surface area contributed by atoms with Gasteiger partial charge in [-0.2, -0.15) is 0 Å². The Morgan fingerprint density at radius 1 is 1.17 bits per heavy atom. The summed E-state index contributed by atoms with van der Waals surface area (Å²) in [7, 11) is 0. The number of carbonyl (C=O) groups is 4. The van der Waals surface area contributed by atoms with E-state index in [1.54, 1.807) is 20.8 Å². The molecule has 24 heavy (non-hydrogen) atoms. The van der Waals surface area contributed by atoms with E-state index >= 15 is 0 Å². The summed E-state index contributed by atoms with van der Waals surface area (Å²) in [5, 5.41) is 22.9. The number of ether oxygens (including phenoxy) is 2. The number of nitrogens with one attached hydrogen (secondary N) is 2. The fourth-order valence-electron chi connectivity index (χ4n) is 2.01. The number of aliphatic carboxylic acids is 2. The van der Waals surface area contributed by atoms with Gasteiger partial charge in [0.1, 0.15) is 11.6 Å². The third-order valence-electron chi connectivity index (χ3n) is 2.81. The van der Waals surface area contributed by atoms with Gasteiger partial charge in [-0.3, -0.25) is 4.79 Å². The number of alkyl carbamates (subject to hydrolysis) is 1. The van der Waals surface area contributed by atoms with E-state index < -0.39 is 53.5 Å². The van der Waals surface area contributed by atoms with Crippen molar-refractivity contribution in [3.05, 3.63) is 11.8 Å². The summed E-state index contributed by atoms with van der Waals surface area (Å²) >= 11 is 0. The Morgan fingerprint density at radius 3 is 2.17 bits per heavy atom. The molecule has 0 aromatic heterocycles. The van der Waals surface area contributed by atoms with Crippen molar-refractivity contribution in [3.63, 3.8) is 0 Å². The number of hydrogen-bond donors (Lipinski definition) is 4. The van der Waals surface area contributed by atoms with Crippen LogP contribution in [0.15, 0.2) is 11.8 Å². The lowest BCUT2D eigenvalue weighted by molar-refractivity contribution is -0.154. The molecule has 1 aliphatic heterocycles. The number of carbonyl (C=O) groups excluding carboxylic acids is 2. The molecule has 3 atom stereocenters. The minimum atomic E-state index is -1.69. The van der Waals surface area contributed by atoms with Crippen LogP contribution in [-0.2, 0) is 23.9 Å². The largest absolute Gasteiger partial charge is 0.478 e. The van der Waals surface area contributed by atoms with E-state index in [1.807, 2.05) is 0 Å². The lowest BCUT2D eigenvalue weighted by atomic mass is 9.98. The van der Waals surface area contributed by atoms with Gasteiger partial charge >= 0.3 is 18.0 Å². The second-order valence-electron chi connectivity index (χ2n) is 6.11. The van der Waals surface area contributed by atoms with Crippen molar-refractivity contribution in [2.75, 3.05) is 0 Å². The lowest BCUT2D eigenvalue weighted by Gasteiger charge is -2.35.